The number of hydrogen-bond acceptors (Lipinski definition) is 3. The van der Waals surface area contributed by atoms with Crippen LogP contribution in [-0.2, 0) is 17.9 Å². The largest absolute Gasteiger partial charge is 0.478 e. The van der Waals surface area contributed by atoms with E-state index >= 15 is 0 Å². The van der Waals surface area contributed by atoms with Gasteiger partial charge in [-0.15, -0.1) is 0 Å². The van der Waals surface area contributed by atoms with Gasteiger partial charge in [-0.1, -0.05) is 39.8 Å². The van der Waals surface area contributed by atoms with E-state index in [0.717, 1.165) is 52.4 Å². The van der Waals surface area contributed by atoms with Gasteiger partial charge in [0.15, 0.2) is 0 Å². The predicted molar refractivity (Wildman–Crippen MR) is 119 cm³/mol. The molecular formula is C25H29N3O2. The van der Waals surface area contributed by atoms with E-state index < -0.39 is 5.97 Å². The first-order valence-electron chi connectivity index (χ1n) is 10.4. The molecule has 3 aromatic rings. The number of carboxylic acid groups (broad SMARTS) is 1. The van der Waals surface area contributed by atoms with Crippen molar-refractivity contribution in [2.45, 2.75) is 58.3 Å². The third-order valence-corrected chi connectivity index (χ3v) is 6.67. The fourth-order valence-electron chi connectivity index (χ4n) is 4.37. The first kappa shape index (κ1) is 20.3. The van der Waals surface area contributed by atoms with Gasteiger partial charge < -0.3 is 9.67 Å². The maximum absolute atomic E-state index is 11.2. The molecular weight excluding hydrogens is 374 g/mol. The summed E-state index contributed by atoms with van der Waals surface area (Å²) in [5.74, 6) is -0.915. The highest BCUT2D eigenvalue weighted by Crippen LogP contribution is 2.44. The molecule has 0 unspecified atom stereocenters. The van der Waals surface area contributed by atoms with Crippen LogP contribution in [0.2, 0.25) is 0 Å². The fraction of sp³-hybridized carbons (Fsp3) is 0.400. The highest BCUT2D eigenvalue weighted by atomic mass is 16.4. The second kappa shape index (κ2) is 6.79. The summed E-state index contributed by atoms with van der Waals surface area (Å²) >= 11 is 0. The van der Waals surface area contributed by atoms with Crippen molar-refractivity contribution in [3.63, 3.8) is 0 Å². The zero-order valence-corrected chi connectivity index (χ0v) is 18.6. The molecule has 0 saturated heterocycles. The summed E-state index contributed by atoms with van der Waals surface area (Å²) in [6, 6.07) is 9.14. The zero-order valence-electron chi connectivity index (χ0n) is 18.6. The van der Waals surface area contributed by atoms with E-state index in [1.54, 1.807) is 12.1 Å². The highest BCUT2D eigenvalue weighted by Gasteiger charge is 2.39. The van der Waals surface area contributed by atoms with E-state index in [0.29, 0.717) is 0 Å². The van der Waals surface area contributed by atoms with E-state index in [2.05, 4.69) is 45.3 Å². The number of benzene rings is 1. The van der Waals surface area contributed by atoms with Gasteiger partial charge in [-0.05, 0) is 43.5 Å². The molecule has 2 heterocycles. The normalized spacial score (nSPS) is 16.9. The lowest BCUT2D eigenvalue weighted by Gasteiger charge is -2.39. The average molecular weight is 404 g/mol. The summed E-state index contributed by atoms with van der Waals surface area (Å²) in [6.07, 6.45) is 4.10. The first-order chi connectivity index (χ1) is 14.0. The Labute approximate surface area is 177 Å². The summed E-state index contributed by atoms with van der Waals surface area (Å²) < 4.78 is 2.14. The molecule has 0 radical (unpaired) electrons. The van der Waals surface area contributed by atoms with Crippen LogP contribution in [0.1, 0.15) is 68.0 Å². The minimum atomic E-state index is -0.915. The van der Waals surface area contributed by atoms with Crippen molar-refractivity contribution in [2.75, 3.05) is 0 Å². The third kappa shape index (κ3) is 3.22. The number of aromatic carboxylic acids is 1. The van der Waals surface area contributed by atoms with Crippen molar-refractivity contribution < 1.29 is 9.90 Å². The maximum Gasteiger partial charge on any atom is 0.335 e. The second-order valence-electron chi connectivity index (χ2n) is 9.69. The summed E-state index contributed by atoms with van der Waals surface area (Å²) in [5, 5.41) is 9.15. The van der Waals surface area contributed by atoms with Crippen LogP contribution in [0.4, 0.5) is 0 Å². The lowest BCUT2D eigenvalue weighted by molar-refractivity contribution is 0.0697. The van der Waals surface area contributed by atoms with Crippen LogP contribution in [0, 0.1) is 6.92 Å². The van der Waals surface area contributed by atoms with Gasteiger partial charge in [0.1, 0.15) is 5.69 Å². The molecule has 1 aromatic carbocycles. The van der Waals surface area contributed by atoms with Gasteiger partial charge in [-0.25, -0.2) is 9.78 Å². The Hall–Kier alpha value is -2.95. The number of aromatic nitrogens is 3. The first-order valence-corrected chi connectivity index (χ1v) is 10.4. The van der Waals surface area contributed by atoms with Crippen LogP contribution in [0.25, 0.3) is 22.5 Å². The van der Waals surface area contributed by atoms with Crippen molar-refractivity contribution in [1.82, 2.24) is 14.5 Å². The quantitative estimate of drug-likeness (QED) is 0.626. The molecule has 156 valence electrons. The van der Waals surface area contributed by atoms with Gasteiger partial charge >= 0.3 is 5.97 Å². The van der Waals surface area contributed by atoms with Crippen LogP contribution in [0.5, 0.6) is 0 Å². The molecule has 0 atom stereocenters. The minimum Gasteiger partial charge on any atom is -0.478 e. The summed E-state index contributed by atoms with van der Waals surface area (Å²) in [4.78, 5) is 21.2. The molecule has 0 amide bonds. The van der Waals surface area contributed by atoms with Crippen molar-refractivity contribution in [3.05, 3.63) is 59.2 Å². The van der Waals surface area contributed by atoms with Gasteiger partial charge in [-0.2, -0.15) is 0 Å². The summed E-state index contributed by atoms with van der Waals surface area (Å²) in [7, 11) is 2.04. The second-order valence-corrected chi connectivity index (χ2v) is 9.69. The van der Waals surface area contributed by atoms with Crippen LogP contribution in [-0.4, -0.2) is 25.6 Å². The lowest BCUT2D eigenvalue weighted by atomic mass is 9.67. The smallest absolute Gasteiger partial charge is 0.335 e. The Morgan fingerprint density at radius 2 is 1.63 bits per heavy atom. The Morgan fingerprint density at radius 3 is 2.23 bits per heavy atom. The van der Waals surface area contributed by atoms with Crippen molar-refractivity contribution in [3.8, 4) is 22.5 Å². The van der Waals surface area contributed by atoms with E-state index in [1.165, 1.54) is 0 Å². The Morgan fingerprint density at radius 1 is 1.03 bits per heavy atom. The monoisotopic (exact) mass is 403 g/mol. The van der Waals surface area contributed by atoms with E-state index in [4.69, 9.17) is 15.1 Å². The molecule has 0 spiro atoms. The number of nitrogens with zero attached hydrogens (tertiary/aromatic N) is 3. The number of hydrogen-bond donors (Lipinski definition) is 1. The minimum absolute atomic E-state index is 0.00354. The number of fused-ring (bicyclic) bond motifs is 1. The standard InChI is InChI=1S/C25H29N3O2/c1-15-18(16-7-9-17(10-8-16)23(29)30)13-20(28(15)6)19-14-26-21-22(27-19)25(4,5)12-11-24(21,2)3/h7-10,13-14H,11-12H2,1-6H3,(H,29,30). The van der Waals surface area contributed by atoms with Gasteiger partial charge in [0.05, 0.1) is 28.8 Å². The Balaban J connectivity index is 1.81. The molecule has 1 N–H and O–H groups in total. The Kier molecular flexibility index (Phi) is 4.60. The molecule has 5 nitrogen and oxygen atoms in total. The lowest BCUT2D eigenvalue weighted by Crippen LogP contribution is -2.36. The zero-order chi connectivity index (χ0) is 21.8. The molecule has 1 aliphatic carbocycles. The van der Waals surface area contributed by atoms with Crippen LogP contribution in [0.15, 0.2) is 36.5 Å². The van der Waals surface area contributed by atoms with Gasteiger partial charge in [0.2, 0.25) is 0 Å². The van der Waals surface area contributed by atoms with Crippen molar-refractivity contribution in [2.24, 2.45) is 7.05 Å². The summed E-state index contributed by atoms with van der Waals surface area (Å²) in [6.45, 7) is 11.1. The Bertz CT molecular complexity index is 1140. The molecule has 0 aliphatic heterocycles. The molecule has 0 saturated carbocycles. The highest BCUT2D eigenvalue weighted by molar-refractivity contribution is 5.88. The number of rotatable bonds is 3. The fourth-order valence-corrected chi connectivity index (χ4v) is 4.37. The van der Waals surface area contributed by atoms with Gasteiger partial charge in [0, 0.05) is 29.1 Å². The summed E-state index contributed by atoms with van der Waals surface area (Å²) in [5.41, 5.74) is 7.60. The molecule has 0 bridgehead atoms. The predicted octanol–water partition coefficient (Wildman–Crippen LogP) is 5.50. The number of carbonyl (C=O) groups is 1. The van der Waals surface area contributed by atoms with Crippen LogP contribution < -0.4 is 0 Å². The van der Waals surface area contributed by atoms with Crippen LogP contribution >= 0.6 is 0 Å². The SMILES string of the molecule is Cc1c(-c2ccc(C(=O)O)cc2)cc(-c2cnc3c(n2)C(C)(C)CCC3(C)C)n1C. The van der Waals surface area contributed by atoms with Gasteiger partial charge in [0.25, 0.3) is 0 Å². The van der Waals surface area contributed by atoms with E-state index in [-0.39, 0.29) is 16.4 Å². The molecule has 1 aliphatic rings. The molecule has 5 heteroatoms. The molecule has 2 aromatic heterocycles. The topological polar surface area (TPSA) is 68.0 Å². The molecule has 0 fully saturated rings. The van der Waals surface area contributed by atoms with E-state index in [1.807, 2.05) is 25.4 Å². The van der Waals surface area contributed by atoms with Crippen LogP contribution in [0.3, 0.4) is 0 Å². The number of carboxylic acids is 1. The average Bonchev–Trinajstić information content (AvgIpc) is 3.00. The molecule has 30 heavy (non-hydrogen) atoms. The van der Waals surface area contributed by atoms with E-state index in [9.17, 15) is 4.79 Å². The third-order valence-electron chi connectivity index (χ3n) is 6.67. The van der Waals surface area contributed by atoms with Crippen molar-refractivity contribution in [1.29, 1.82) is 0 Å². The van der Waals surface area contributed by atoms with Crippen molar-refractivity contribution >= 4 is 5.97 Å². The van der Waals surface area contributed by atoms with Gasteiger partial charge in [-0.3, -0.25) is 4.98 Å². The maximum atomic E-state index is 11.2. The molecule has 4 rings (SSSR count).